The predicted molar refractivity (Wildman–Crippen MR) is 69.8 cm³/mol. The Morgan fingerprint density at radius 1 is 1.50 bits per heavy atom. The molecule has 0 aliphatic heterocycles. The molecule has 1 heterocycles. The molecule has 0 bridgehead atoms. The third kappa shape index (κ3) is 5.18. The van der Waals surface area contributed by atoms with Crippen molar-refractivity contribution in [2.45, 2.75) is 38.8 Å². The van der Waals surface area contributed by atoms with Crippen LogP contribution in [0.5, 0.6) is 0 Å². The second-order valence-electron chi connectivity index (χ2n) is 4.80. The molecule has 0 unspecified atom stereocenters. The summed E-state index contributed by atoms with van der Waals surface area (Å²) in [5.74, 6) is -1.60. The van der Waals surface area contributed by atoms with Gasteiger partial charge in [-0.05, 0) is 38.3 Å². The molecular formula is C12H17NO4S. The molecule has 1 atom stereocenters. The van der Waals surface area contributed by atoms with Crippen molar-refractivity contribution in [3.05, 3.63) is 17.5 Å². The molecule has 0 radical (unpaired) electrons. The van der Waals surface area contributed by atoms with Crippen LogP contribution in [0.2, 0.25) is 0 Å². The molecule has 1 rings (SSSR count). The van der Waals surface area contributed by atoms with E-state index in [4.69, 9.17) is 9.84 Å². The minimum atomic E-state index is -1.07. The molecule has 0 saturated heterocycles. The Balaban J connectivity index is 2.58. The van der Waals surface area contributed by atoms with E-state index in [1.807, 2.05) is 5.38 Å². The summed E-state index contributed by atoms with van der Waals surface area (Å²) in [4.78, 5) is 22.6. The van der Waals surface area contributed by atoms with Gasteiger partial charge in [0.15, 0.2) is 0 Å². The van der Waals surface area contributed by atoms with Crippen LogP contribution in [-0.4, -0.2) is 28.7 Å². The second-order valence-corrected chi connectivity index (χ2v) is 5.75. The second kappa shape index (κ2) is 5.86. The van der Waals surface area contributed by atoms with E-state index in [1.165, 1.54) is 11.3 Å². The summed E-state index contributed by atoms with van der Waals surface area (Å²) in [6.45, 7) is 5.23. The maximum Gasteiger partial charge on any atom is 0.326 e. The summed E-state index contributed by atoms with van der Waals surface area (Å²) in [5, 5.41) is 14.4. The van der Waals surface area contributed by atoms with Crippen LogP contribution in [0.3, 0.4) is 0 Å². The van der Waals surface area contributed by atoms with Gasteiger partial charge in [-0.1, -0.05) is 0 Å². The molecule has 18 heavy (non-hydrogen) atoms. The van der Waals surface area contributed by atoms with Crippen molar-refractivity contribution in [1.82, 2.24) is 0 Å². The SMILES string of the molecule is CC(C)(C)OC(=O)C[C@H](Nc1cccs1)C(=O)O. The number of aliphatic carboxylic acids is 1. The molecule has 0 aromatic carbocycles. The number of ether oxygens (including phenoxy) is 1. The smallest absolute Gasteiger partial charge is 0.326 e. The molecule has 0 amide bonds. The van der Waals surface area contributed by atoms with E-state index in [1.54, 1.807) is 32.9 Å². The van der Waals surface area contributed by atoms with Crippen LogP contribution >= 0.6 is 11.3 Å². The summed E-state index contributed by atoms with van der Waals surface area (Å²) in [6.07, 6.45) is -0.204. The van der Waals surface area contributed by atoms with E-state index in [0.29, 0.717) is 5.00 Å². The van der Waals surface area contributed by atoms with Crippen molar-refractivity contribution < 1.29 is 19.4 Å². The van der Waals surface area contributed by atoms with Gasteiger partial charge in [0, 0.05) is 0 Å². The number of rotatable bonds is 5. The molecule has 0 fully saturated rings. The summed E-state index contributed by atoms with van der Waals surface area (Å²) in [7, 11) is 0. The number of nitrogens with one attached hydrogen (secondary N) is 1. The average Bonchev–Trinajstić information content (AvgIpc) is 2.66. The van der Waals surface area contributed by atoms with Crippen molar-refractivity contribution >= 4 is 28.3 Å². The number of anilines is 1. The molecule has 0 spiro atoms. The molecule has 6 heteroatoms. The lowest BCUT2D eigenvalue weighted by Gasteiger charge is -2.21. The fourth-order valence-electron chi connectivity index (χ4n) is 1.28. The van der Waals surface area contributed by atoms with Crippen molar-refractivity contribution in [3.63, 3.8) is 0 Å². The first-order valence-corrected chi connectivity index (χ1v) is 6.40. The van der Waals surface area contributed by atoms with Crippen LogP contribution in [-0.2, 0) is 14.3 Å². The van der Waals surface area contributed by atoms with Gasteiger partial charge in [-0.15, -0.1) is 11.3 Å². The van der Waals surface area contributed by atoms with Crippen molar-refractivity contribution in [2.24, 2.45) is 0 Å². The van der Waals surface area contributed by atoms with E-state index in [9.17, 15) is 9.59 Å². The number of esters is 1. The number of thiophene rings is 1. The van der Waals surface area contributed by atoms with Crippen LogP contribution in [0.25, 0.3) is 0 Å². The third-order valence-corrected chi connectivity index (χ3v) is 2.73. The molecule has 100 valence electrons. The summed E-state index contributed by atoms with van der Waals surface area (Å²) < 4.78 is 5.10. The highest BCUT2D eigenvalue weighted by atomic mass is 32.1. The first kappa shape index (κ1) is 14.5. The Morgan fingerprint density at radius 3 is 2.61 bits per heavy atom. The van der Waals surface area contributed by atoms with E-state index in [2.05, 4.69) is 5.32 Å². The zero-order valence-corrected chi connectivity index (χ0v) is 11.4. The van der Waals surface area contributed by atoms with Crippen LogP contribution in [0.15, 0.2) is 17.5 Å². The first-order chi connectivity index (χ1) is 8.28. The third-order valence-electron chi connectivity index (χ3n) is 1.93. The first-order valence-electron chi connectivity index (χ1n) is 5.52. The lowest BCUT2D eigenvalue weighted by Crippen LogP contribution is -2.34. The van der Waals surface area contributed by atoms with Crippen molar-refractivity contribution in [1.29, 1.82) is 0 Å². The van der Waals surface area contributed by atoms with Crippen LogP contribution in [0, 0.1) is 0 Å². The lowest BCUT2D eigenvalue weighted by molar-refractivity contribution is -0.157. The minimum absolute atomic E-state index is 0.204. The zero-order chi connectivity index (χ0) is 13.8. The molecule has 5 nitrogen and oxygen atoms in total. The van der Waals surface area contributed by atoms with E-state index in [-0.39, 0.29) is 6.42 Å². The highest BCUT2D eigenvalue weighted by Crippen LogP contribution is 2.18. The largest absolute Gasteiger partial charge is 0.480 e. The fourth-order valence-corrected chi connectivity index (χ4v) is 1.95. The number of hydrogen-bond donors (Lipinski definition) is 2. The minimum Gasteiger partial charge on any atom is -0.480 e. The van der Waals surface area contributed by atoms with Gasteiger partial charge in [-0.3, -0.25) is 4.79 Å². The number of hydrogen-bond acceptors (Lipinski definition) is 5. The predicted octanol–water partition coefficient (Wildman–Crippen LogP) is 2.34. The van der Waals surface area contributed by atoms with Gasteiger partial charge >= 0.3 is 11.9 Å². The van der Waals surface area contributed by atoms with Gasteiger partial charge in [0.05, 0.1) is 11.4 Å². The number of carboxylic acid groups (broad SMARTS) is 1. The zero-order valence-electron chi connectivity index (χ0n) is 10.6. The molecule has 1 aromatic heterocycles. The highest BCUT2D eigenvalue weighted by Gasteiger charge is 2.25. The fraction of sp³-hybridized carbons (Fsp3) is 0.500. The Hall–Kier alpha value is -1.56. The van der Waals surface area contributed by atoms with Gasteiger partial charge in [0.1, 0.15) is 11.6 Å². The van der Waals surface area contributed by atoms with Gasteiger partial charge in [0.25, 0.3) is 0 Å². The molecule has 2 N–H and O–H groups in total. The molecular weight excluding hydrogens is 254 g/mol. The molecule has 0 aliphatic carbocycles. The monoisotopic (exact) mass is 271 g/mol. The van der Waals surface area contributed by atoms with Gasteiger partial charge < -0.3 is 15.2 Å². The quantitative estimate of drug-likeness (QED) is 0.804. The average molecular weight is 271 g/mol. The lowest BCUT2D eigenvalue weighted by atomic mass is 10.1. The summed E-state index contributed by atoms with van der Waals surface area (Å²) in [5.41, 5.74) is -0.608. The molecule has 0 aliphatic rings. The van der Waals surface area contributed by atoms with E-state index in [0.717, 1.165) is 0 Å². The van der Waals surface area contributed by atoms with Crippen LogP contribution < -0.4 is 5.32 Å². The Morgan fingerprint density at radius 2 is 2.17 bits per heavy atom. The highest BCUT2D eigenvalue weighted by molar-refractivity contribution is 7.14. The summed E-state index contributed by atoms with van der Waals surface area (Å²) in [6, 6.07) is 2.59. The topological polar surface area (TPSA) is 75.6 Å². The number of carbonyl (C=O) groups is 2. The van der Waals surface area contributed by atoms with E-state index < -0.39 is 23.6 Å². The van der Waals surface area contributed by atoms with Crippen LogP contribution in [0.4, 0.5) is 5.00 Å². The van der Waals surface area contributed by atoms with Gasteiger partial charge in [-0.25, -0.2) is 4.79 Å². The molecule has 0 saturated carbocycles. The van der Waals surface area contributed by atoms with E-state index >= 15 is 0 Å². The normalized spacial score (nSPS) is 12.8. The van der Waals surface area contributed by atoms with Gasteiger partial charge in [-0.2, -0.15) is 0 Å². The Bertz CT molecular complexity index is 408. The number of carbonyl (C=O) groups excluding carboxylic acids is 1. The standard InChI is InChI=1S/C12H17NO4S/c1-12(2,3)17-10(14)7-8(11(15)16)13-9-5-4-6-18-9/h4-6,8,13H,7H2,1-3H3,(H,15,16)/t8-/m0/s1. The van der Waals surface area contributed by atoms with Crippen LogP contribution in [0.1, 0.15) is 27.2 Å². The van der Waals surface area contributed by atoms with Gasteiger partial charge in [0.2, 0.25) is 0 Å². The molecule has 1 aromatic rings. The maximum absolute atomic E-state index is 11.6. The Kier molecular flexibility index (Phi) is 4.72. The summed E-state index contributed by atoms with van der Waals surface area (Å²) >= 11 is 1.38. The van der Waals surface area contributed by atoms with Crippen molar-refractivity contribution in [3.8, 4) is 0 Å². The van der Waals surface area contributed by atoms with Crippen molar-refractivity contribution in [2.75, 3.05) is 5.32 Å². The number of carboxylic acids is 1. The Labute approximate surface area is 110 Å². The maximum atomic E-state index is 11.6.